The molecule has 104 valence electrons. The molecule has 0 spiro atoms. The number of nitrogens with one attached hydrogen (secondary N) is 1. The minimum Gasteiger partial charge on any atom is -0.484 e. The van der Waals surface area contributed by atoms with E-state index in [0.717, 1.165) is 5.56 Å². The number of ether oxygens (including phenoxy) is 3. The second kappa shape index (κ2) is 8.13. The predicted octanol–water partition coefficient (Wildman–Crippen LogP) is 2.18. The van der Waals surface area contributed by atoms with Gasteiger partial charge in [0.1, 0.15) is 5.75 Å². The Kier molecular flexibility index (Phi) is 6.43. The van der Waals surface area contributed by atoms with E-state index in [0.29, 0.717) is 19.0 Å². The maximum absolute atomic E-state index is 11.3. The molecule has 1 rings (SSSR count). The van der Waals surface area contributed by atoms with Gasteiger partial charge in [0.2, 0.25) is 5.90 Å². The summed E-state index contributed by atoms with van der Waals surface area (Å²) < 4.78 is 15.2. The van der Waals surface area contributed by atoms with Crippen LogP contribution in [0.4, 0.5) is 0 Å². The smallest absolute Gasteiger partial charge is 0.310 e. The van der Waals surface area contributed by atoms with Crippen molar-refractivity contribution >= 4 is 11.9 Å². The van der Waals surface area contributed by atoms with Crippen LogP contribution in [0.2, 0.25) is 0 Å². The van der Waals surface area contributed by atoms with Gasteiger partial charge in [0.15, 0.2) is 6.61 Å². The van der Waals surface area contributed by atoms with Gasteiger partial charge in [-0.1, -0.05) is 12.1 Å². The Morgan fingerprint density at radius 2 is 1.74 bits per heavy atom. The largest absolute Gasteiger partial charge is 0.484 e. The van der Waals surface area contributed by atoms with Crippen molar-refractivity contribution in [3.63, 3.8) is 0 Å². The Balaban J connectivity index is 2.43. The lowest BCUT2D eigenvalue weighted by molar-refractivity contribution is -0.142. The first kappa shape index (κ1) is 15.0. The maximum Gasteiger partial charge on any atom is 0.310 e. The number of carbonyl (C=O) groups is 1. The van der Waals surface area contributed by atoms with Gasteiger partial charge < -0.3 is 14.2 Å². The van der Waals surface area contributed by atoms with Crippen LogP contribution in [0.25, 0.3) is 0 Å². The van der Waals surface area contributed by atoms with Crippen LogP contribution in [0.3, 0.4) is 0 Å². The molecule has 0 atom stereocenters. The lowest BCUT2D eigenvalue weighted by atomic mass is 10.1. The van der Waals surface area contributed by atoms with Crippen molar-refractivity contribution in [2.24, 2.45) is 0 Å². The van der Waals surface area contributed by atoms with E-state index in [1.54, 1.807) is 31.2 Å². The van der Waals surface area contributed by atoms with Crippen LogP contribution in [0.5, 0.6) is 5.75 Å². The quantitative estimate of drug-likeness (QED) is 0.466. The van der Waals surface area contributed by atoms with Gasteiger partial charge >= 0.3 is 5.97 Å². The monoisotopic (exact) mass is 265 g/mol. The Labute approximate surface area is 113 Å². The van der Waals surface area contributed by atoms with Crippen LogP contribution in [0.15, 0.2) is 24.3 Å². The van der Waals surface area contributed by atoms with Gasteiger partial charge in [-0.2, -0.15) is 0 Å². The van der Waals surface area contributed by atoms with Crippen LogP contribution in [0.1, 0.15) is 19.4 Å². The van der Waals surface area contributed by atoms with E-state index in [9.17, 15) is 4.79 Å². The second-order valence-corrected chi connectivity index (χ2v) is 3.77. The molecule has 0 fully saturated rings. The van der Waals surface area contributed by atoms with Crippen molar-refractivity contribution in [2.75, 3.05) is 19.8 Å². The fourth-order valence-electron chi connectivity index (χ4n) is 1.45. The summed E-state index contributed by atoms with van der Waals surface area (Å²) in [6.07, 6.45) is 0.253. The summed E-state index contributed by atoms with van der Waals surface area (Å²) in [6.45, 7) is 4.55. The van der Waals surface area contributed by atoms with E-state index < -0.39 is 0 Å². The SMILES string of the molecule is CCOC(=N)COc1ccc(CC(=O)OCC)cc1. The fraction of sp³-hybridized carbons (Fsp3) is 0.429. The first-order valence-electron chi connectivity index (χ1n) is 6.23. The third-order valence-corrected chi connectivity index (χ3v) is 2.27. The molecule has 0 bridgehead atoms. The number of benzene rings is 1. The molecule has 0 amide bonds. The molecular weight excluding hydrogens is 246 g/mol. The molecule has 0 saturated heterocycles. The first-order chi connectivity index (χ1) is 9.15. The van der Waals surface area contributed by atoms with Crippen LogP contribution < -0.4 is 4.74 Å². The average Bonchev–Trinajstić information content (AvgIpc) is 2.38. The fourth-order valence-corrected chi connectivity index (χ4v) is 1.45. The zero-order valence-electron chi connectivity index (χ0n) is 11.3. The summed E-state index contributed by atoms with van der Waals surface area (Å²) in [5.41, 5.74) is 0.866. The normalized spacial score (nSPS) is 9.79. The molecule has 0 aliphatic rings. The molecule has 1 aromatic carbocycles. The Hall–Kier alpha value is -2.04. The minimum absolute atomic E-state index is 0.0955. The van der Waals surface area contributed by atoms with Gasteiger partial charge in [0.05, 0.1) is 19.6 Å². The number of rotatable bonds is 7. The minimum atomic E-state index is -0.241. The molecule has 0 aliphatic carbocycles. The van der Waals surface area contributed by atoms with E-state index in [1.165, 1.54) is 0 Å². The molecule has 0 aromatic heterocycles. The van der Waals surface area contributed by atoms with Gasteiger partial charge in [-0.25, -0.2) is 0 Å². The zero-order valence-corrected chi connectivity index (χ0v) is 11.3. The van der Waals surface area contributed by atoms with Gasteiger partial charge in [-0.05, 0) is 31.5 Å². The first-order valence-corrected chi connectivity index (χ1v) is 6.23. The van der Waals surface area contributed by atoms with Gasteiger partial charge in [-0.3, -0.25) is 10.2 Å². The molecule has 19 heavy (non-hydrogen) atoms. The zero-order chi connectivity index (χ0) is 14.1. The summed E-state index contributed by atoms with van der Waals surface area (Å²) in [7, 11) is 0. The third-order valence-electron chi connectivity index (χ3n) is 2.27. The Bertz CT molecular complexity index is 414. The molecule has 0 radical (unpaired) electrons. The Morgan fingerprint density at radius 3 is 2.32 bits per heavy atom. The van der Waals surface area contributed by atoms with E-state index in [-0.39, 0.29) is 24.9 Å². The van der Waals surface area contributed by atoms with E-state index >= 15 is 0 Å². The summed E-state index contributed by atoms with van der Waals surface area (Å²) in [5, 5.41) is 7.41. The molecule has 0 heterocycles. The van der Waals surface area contributed by atoms with Crippen LogP contribution >= 0.6 is 0 Å². The molecule has 1 N–H and O–H groups in total. The van der Waals surface area contributed by atoms with Crippen molar-refractivity contribution in [3.05, 3.63) is 29.8 Å². The summed E-state index contributed by atoms with van der Waals surface area (Å²) in [5.74, 6) is 0.490. The van der Waals surface area contributed by atoms with E-state index in [1.807, 2.05) is 6.92 Å². The van der Waals surface area contributed by atoms with Crippen LogP contribution in [-0.4, -0.2) is 31.7 Å². The maximum atomic E-state index is 11.3. The van der Waals surface area contributed by atoms with Gasteiger partial charge in [-0.15, -0.1) is 0 Å². The average molecular weight is 265 g/mol. The number of hydrogen-bond acceptors (Lipinski definition) is 5. The molecule has 0 saturated carbocycles. The van der Waals surface area contributed by atoms with Gasteiger partial charge in [0, 0.05) is 0 Å². The third kappa shape index (κ3) is 5.90. The molecule has 1 aromatic rings. The molecule has 0 unspecified atom stereocenters. The molecule has 0 aliphatic heterocycles. The number of carbonyl (C=O) groups excluding carboxylic acids is 1. The van der Waals surface area contributed by atoms with Crippen molar-refractivity contribution in [3.8, 4) is 5.75 Å². The topological polar surface area (TPSA) is 68.6 Å². The Morgan fingerprint density at radius 1 is 1.11 bits per heavy atom. The van der Waals surface area contributed by atoms with Crippen molar-refractivity contribution in [1.29, 1.82) is 5.41 Å². The van der Waals surface area contributed by atoms with E-state index in [4.69, 9.17) is 19.6 Å². The van der Waals surface area contributed by atoms with Crippen LogP contribution in [-0.2, 0) is 20.7 Å². The molecule has 5 heteroatoms. The lowest BCUT2D eigenvalue weighted by Crippen LogP contribution is -2.13. The highest BCUT2D eigenvalue weighted by molar-refractivity contribution is 5.74. The standard InChI is InChI=1S/C14H19NO4/c1-3-17-13(15)10-19-12-7-5-11(6-8-12)9-14(16)18-4-2/h5-8,15H,3-4,9-10H2,1-2H3. The van der Waals surface area contributed by atoms with Gasteiger partial charge in [0.25, 0.3) is 0 Å². The van der Waals surface area contributed by atoms with Crippen LogP contribution in [0, 0.1) is 5.41 Å². The predicted molar refractivity (Wildman–Crippen MR) is 71.6 cm³/mol. The highest BCUT2D eigenvalue weighted by Gasteiger charge is 2.04. The lowest BCUT2D eigenvalue weighted by Gasteiger charge is -2.08. The van der Waals surface area contributed by atoms with Crippen molar-refractivity contribution in [2.45, 2.75) is 20.3 Å². The summed E-state index contributed by atoms with van der Waals surface area (Å²) in [6, 6.07) is 7.12. The summed E-state index contributed by atoms with van der Waals surface area (Å²) >= 11 is 0. The van der Waals surface area contributed by atoms with Crippen molar-refractivity contribution in [1.82, 2.24) is 0 Å². The highest BCUT2D eigenvalue weighted by atomic mass is 16.5. The molecule has 5 nitrogen and oxygen atoms in total. The highest BCUT2D eigenvalue weighted by Crippen LogP contribution is 2.13. The number of hydrogen-bond donors (Lipinski definition) is 1. The number of esters is 1. The molecular formula is C14H19NO4. The second-order valence-electron chi connectivity index (χ2n) is 3.77. The summed E-state index contributed by atoms with van der Waals surface area (Å²) in [4.78, 5) is 11.3. The van der Waals surface area contributed by atoms with Crippen molar-refractivity contribution < 1.29 is 19.0 Å². The van der Waals surface area contributed by atoms with E-state index in [2.05, 4.69) is 0 Å².